The van der Waals surface area contributed by atoms with Crippen molar-refractivity contribution in [3.05, 3.63) is 45.9 Å². The Hall–Kier alpha value is -1.95. The summed E-state index contributed by atoms with van der Waals surface area (Å²) in [7, 11) is -3.21. The van der Waals surface area contributed by atoms with Gasteiger partial charge in [0.15, 0.2) is 33.1 Å². The van der Waals surface area contributed by atoms with Gasteiger partial charge in [0.25, 0.3) is 5.91 Å². The molecule has 2 aliphatic rings. The predicted octanol–water partition coefficient (Wildman–Crippen LogP) is 4.58. The Kier molecular flexibility index (Phi) is 8.19. The number of anilines is 1. The largest absolute Gasteiger partial charge is 0.490 e. The van der Waals surface area contributed by atoms with Crippen LogP contribution < -0.4 is 19.1 Å². The van der Waals surface area contributed by atoms with Crippen LogP contribution >= 0.6 is 39.3 Å². The number of sulfone groups is 1. The van der Waals surface area contributed by atoms with E-state index in [9.17, 15) is 13.2 Å². The number of amides is 1. The molecule has 0 N–H and O–H groups in total. The highest BCUT2D eigenvalue weighted by molar-refractivity contribution is 9.10. The Morgan fingerprint density at radius 3 is 2.43 bits per heavy atom. The molecule has 0 spiro atoms. The third-order valence-corrected chi connectivity index (χ3v) is 9.43. The Labute approximate surface area is 222 Å². The maximum atomic E-state index is 12.7. The molecular weight excluding hydrogens is 580 g/mol. The molecule has 0 saturated carbocycles. The molecule has 2 aromatic carbocycles. The van der Waals surface area contributed by atoms with Crippen LogP contribution in [-0.2, 0) is 14.6 Å². The summed E-state index contributed by atoms with van der Waals surface area (Å²) in [5, 5.41) is 0.750. The topological polar surface area (TPSA) is 94.5 Å². The standard InChI is InChI=1S/C23H24BrClN2O6S2/c1-3-31-19-9-16(24)17(10-20(19)32-4-2)27-18-12-35(29,30)13-21(18)34-23(27)26-22(28)11-33-15-7-5-14(25)6-8-15/h5-10,18,21H,3-4,11-13H2,1-2H3. The van der Waals surface area contributed by atoms with Crippen LogP contribution in [0, 0.1) is 0 Å². The van der Waals surface area contributed by atoms with Crippen LogP contribution in [0.25, 0.3) is 0 Å². The van der Waals surface area contributed by atoms with E-state index in [1.165, 1.54) is 11.8 Å². The van der Waals surface area contributed by atoms with Crippen LogP contribution in [0.2, 0.25) is 5.02 Å². The summed E-state index contributed by atoms with van der Waals surface area (Å²) in [5.74, 6) is 1.11. The van der Waals surface area contributed by atoms with Crippen molar-refractivity contribution in [3.63, 3.8) is 0 Å². The first-order chi connectivity index (χ1) is 16.7. The highest BCUT2D eigenvalue weighted by Crippen LogP contribution is 2.46. The number of rotatable bonds is 8. The number of hydrogen-bond donors (Lipinski definition) is 0. The molecule has 0 bridgehead atoms. The second-order valence-electron chi connectivity index (χ2n) is 7.82. The quantitative estimate of drug-likeness (QED) is 0.433. The van der Waals surface area contributed by atoms with Gasteiger partial charge in [0.05, 0.1) is 36.4 Å². The van der Waals surface area contributed by atoms with E-state index in [2.05, 4.69) is 20.9 Å². The lowest BCUT2D eigenvalue weighted by molar-refractivity contribution is -0.119. The van der Waals surface area contributed by atoms with Gasteiger partial charge in [-0.2, -0.15) is 4.99 Å². The normalized spacial score (nSPS) is 21.7. The molecule has 2 fully saturated rings. The molecule has 4 rings (SSSR count). The number of ether oxygens (including phenoxy) is 3. The monoisotopic (exact) mass is 602 g/mol. The van der Waals surface area contributed by atoms with E-state index in [0.717, 1.165) is 0 Å². The van der Waals surface area contributed by atoms with Gasteiger partial charge in [-0.25, -0.2) is 8.42 Å². The van der Waals surface area contributed by atoms with Crippen LogP contribution in [0.3, 0.4) is 0 Å². The van der Waals surface area contributed by atoms with E-state index in [1.54, 1.807) is 36.4 Å². The molecule has 2 atom stereocenters. The zero-order valence-corrected chi connectivity index (χ0v) is 23.0. The number of carbonyl (C=O) groups excluding carboxylic acids is 1. The summed E-state index contributed by atoms with van der Waals surface area (Å²) >= 11 is 10.8. The lowest BCUT2D eigenvalue weighted by Crippen LogP contribution is -2.38. The van der Waals surface area contributed by atoms with Gasteiger partial charge in [-0.15, -0.1) is 0 Å². The summed E-state index contributed by atoms with van der Waals surface area (Å²) in [6, 6.07) is 9.89. The van der Waals surface area contributed by atoms with Crippen molar-refractivity contribution in [1.29, 1.82) is 0 Å². The van der Waals surface area contributed by atoms with Gasteiger partial charge in [0, 0.05) is 26.9 Å². The summed E-state index contributed by atoms with van der Waals surface area (Å²) in [5.41, 5.74) is 0.652. The minimum absolute atomic E-state index is 0.0250. The fourth-order valence-corrected chi connectivity index (χ4v) is 8.47. The summed E-state index contributed by atoms with van der Waals surface area (Å²) in [4.78, 5) is 18.8. The SMILES string of the molecule is CCOc1cc(Br)c(N2C(=NC(=O)COc3ccc(Cl)cc3)SC3CS(=O)(=O)CC32)cc1OCC. The highest BCUT2D eigenvalue weighted by atomic mass is 79.9. The van der Waals surface area contributed by atoms with Gasteiger partial charge in [-0.1, -0.05) is 23.4 Å². The zero-order valence-electron chi connectivity index (χ0n) is 19.1. The zero-order chi connectivity index (χ0) is 25.2. The number of nitrogens with zero attached hydrogens (tertiary/aromatic N) is 2. The van der Waals surface area contributed by atoms with Gasteiger partial charge < -0.3 is 19.1 Å². The number of aliphatic imine (C=N–C) groups is 1. The van der Waals surface area contributed by atoms with Crippen molar-refractivity contribution >= 4 is 65.9 Å². The molecular formula is C23H24BrClN2O6S2. The van der Waals surface area contributed by atoms with E-state index in [-0.39, 0.29) is 29.4 Å². The molecule has 0 aliphatic carbocycles. The van der Waals surface area contributed by atoms with Gasteiger partial charge in [-0.3, -0.25) is 4.79 Å². The molecule has 0 aromatic heterocycles. The highest BCUT2D eigenvalue weighted by Gasteiger charge is 2.50. The minimum atomic E-state index is -3.21. The van der Waals surface area contributed by atoms with Crippen LogP contribution in [0.5, 0.6) is 17.2 Å². The summed E-state index contributed by atoms with van der Waals surface area (Å²) in [6.45, 7) is 4.38. The lowest BCUT2D eigenvalue weighted by Gasteiger charge is -2.27. The molecule has 188 valence electrons. The molecule has 35 heavy (non-hydrogen) atoms. The van der Waals surface area contributed by atoms with Crippen LogP contribution in [-0.4, -0.2) is 62.1 Å². The number of fused-ring (bicyclic) bond motifs is 1. The van der Waals surface area contributed by atoms with Crippen molar-refractivity contribution in [2.45, 2.75) is 25.1 Å². The molecule has 2 heterocycles. The lowest BCUT2D eigenvalue weighted by atomic mass is 10.2. The van der Waals surface area contributed by atoms with E-state index in [4.69, 9.17) is 25.8 Å². The number of hydrogen-bond acceptors (Lipinski definition) is 7. The Bertz CT molecular complexity index is 1240. The summed E-state index contributed by atoms with van der Waals surface area (Å²) in [6.07, 6.45) is 0. The molecule has 0 radical (unpaired) electrons. The average molecular weight is 604 g/mol. The maximum absolute atomic E-state index is 12.7. The number of carbonyl (C=O) groups is 1. The molecule has 2 aromatic rings. The Morgan fingerprint density at radius 2 is 1.77 bits per heavy atom. The fourth-order valence-electron chi connectivity index (χ4n) is 3.91. The van der Waals surface area contributed by atoms with Gasteiger partial charge in [-0.05, 0) is 54.0 Å². The fraction of sp³-hybridized carbons (Fsp3) is 0.391. The van der Waals surface area contributed by atoms with Gasteiger partial charge >= 0.3 is 0 Å². The van der Waals surface area contributed by atoms with Crippen molar-refractivity contribution < 1.29 is 27.4 Å². The first kappa shape index (κ1) is 26.1. The van der Waals surface area contributed by atoms with Crippen LogP contribution in [0.4, 0.5) is 5.69 Å². The van der Waals surface area contributed by atoms with Crippen LogP contribution in [0.1, 0.15) is 13.8 Å². The first-order valence-electron chi connectivity index (χ1n) is 11.0. The molecule has 2 unspecified atom stereocenters. The maximum Gasteiger partial charge on any atom is 0.285 e. The smallest absolute Gasteiger partial charge is 0.285 e. The summed E-state index contributed by atoms with van der Waals surface area (Å²) < 4.78 is 42.5. The van der Waals surface area contributed by atoms with Crippen molar-refractivity contribution in [2.24, 2.45) is 4.99 Å². The van der Waals surface area contributed by atoms with E-state index >= 15 is 0 Å². The van der Waals surface area contributed by atoms with E-state index in [1.807, 2.05) is 18.7 Å². The third-order valence-electron chi connectivity index (χ3n) is 5.34. The number of benzene rings is 2. The van der Waals surface area contributed by atoms with Crippen LogP contribution in [0.15, 0.2) is 45.9 Å². The Morgan fingerprint density at radius 1 is 1.11 bits per heavy atom. The number of halogens is 2. The number of thioether (sulfide) groups is 1. The molecule has 1 amide bonds. The molecule has 8 nitrogen and oxygen atoms in total. The van der Waals surface area contributed by atoms with Gasteiger partial charge in [0.1, 0.15) is 5.75 Å². The molecule has 2 saturated heterocycles. The third kappa shape index (κ3) is 6.07. The second kappa shape index (κ2) is 11.0. The van der Waals surface area contributed by atoms with Gasteiger partial charge in [0.2, 0.25) is 0 Å². The molecule has 2 aliphatic heterocycles. The Balaban J connectivity index is 1.65. The van der Waals surface area contributed by atoms with E-state index < -0.39 is 15.7 Å². The average Bonchev–Trinajstić information content (AvgIpc) is 3.26. The number of amidine groups is 1. The van der Waals surface area contributed by atoms with E-state index in [0.29, 0.717) is 50.8 Å². The van der Waals surface area contributed by atoms with Crippen molar-refractivity contribution in [1.82, 2.24) is 0 Å². The second-order valence-corrected chi connectivity index (χ2v) is 12.5. The first-order valence-corrected chi connectivity index (χ1v) is 14.8. The van der Waals surface area contributed by atoms with Crippen molar-refractivity contribution in [2.75, 3.05) is 36.2 Å². The predicted molar refractivity (Wildman–Crippen MR) is 142 cm³/mol. The molecule has 12 heteroatoms. The minimum Gasteiger partial charge on any atom is -0.490 e. The van der Waals surface area contributed by atoms with Crippen molar-refractivity contribution in [3.8, 4) is 17.2 Å².